The van der Waals surface area contributed by atoms with Crippen LogP contribution < -0.4 is 10.5 Å². The van der Waals surface area contributed by atoms with Gasteiger partial charge in [0.15, 0.2) is 0 Å². The molecule has 16 heavy (non-hydrogen) atoms. The lowest BCUT2D eigenvalue weighted by Crippen LogP contribution is -2.04. The molecule has 3 nitrogen and oxygen atoms in total. The molecule has 1 unspecified atom stereocenters. The number of hydrogen-bond donors (Lipinski definition) is 2. The number of hydrogen-bond acceptors (Lipinski definition) is 4. The smallest absolute Gasteiger partial charge is 0.143 e. The standard InChI is InChI=1S/C12H19NO2S/c1-3-7-15-10-5-4-6-11(12(10)13)16-9(2)8-14/h4-6,9,14H,3,7-8,13H2,1-2H3. The average Bonchev–Trinajstić information content (AvgIpc) is 2.30. The van der Waals surface area contributed by atoms with E-state index < -0.39 is 0 Å². The minimum absolute atomic E-state index is 0.142. The normalized spacial score (nSPS) is 12.4. The maximum atomic E-state index is 9.00. The van der Waals surface area contributed by atoms with Crippen LogP contribution in [0.3, 0.4) is 0 Å². The Kier molecular flexibility index (Phi) is 5.49. The molecule has 0 aliphatic carbocycles. The summed E-state index contributed by atoms with van der Waals surface area (Å²) in [6.45, 7) is 4.84. The van der Waals surface area contributed by atoms with Gasteiger partial charge in [-0.1, -0.05) is 19.9 Å². The van der Waals surface area contributed by atoms with Crippen molar-refractivity contribution < 1.29 is 9.84 Å². The first-order valence-electron chi connectivity index (χ1n) is 5.47. The first kappa shape index (κ1) is 13.2. The first-order chi connectivity index (χ1) is 7.69. The minimum Gasteiger partial charge on any atom is -0.491 e. The van der Waals surface area contributed by atoms with Gasteiger partial charge in [-0.2, -0.15) is 0 Å². The topological polar surface area (TPSA) is 55.5 Å². The highest BCUT2D eigenvalue weighted by atomic mass is 32.2. The van der Waals surface area contributed by atoms with Crippen molar-refractivity contribution in [3.05, 3.63) is 18.2 Å². The molecule has 4 heteroatoms. The van der Waals surface area contributed by atoms with Crippen molar-refractivity contribution in [3.8, 4) is 5.75 Å². The van der Waals surface area contributed by atoms with E-state index in [1.807, 2.05) is 25.1 Å². The van der Waals surface area contributed by atoms with Gasteiger partial charge in [-0.3, -0.25) is 0 Å². The number of rotatable bonds is 6. The molecule has 0 aliphatic rings. The molecule has 0 radical (unpaired) electrons. The highest BCUT2D eigenvalue weighted by Crippen LogP contribution is 2.34. The number of nitrogens with two attached hydrogens (primary N) is 1. The van der Waals surface area contributed by atoms with Gasteiger partial charge in [-0.15, -0.1) is 11.8 Å². The Hall–Kier alpha value is -0.870. The van der Waals surface area contributed by atoms with Crippen LogP contribution in [-0.4, -0.2) is 23.6 Å². The summed E-state index contributed by atoms with van der Waals surface area (Å²) in [6.07, 6.45) is 0.962. The summed E-state index contributed by atoms with van der Waals surface area (Å²) in [5, 5.41) is 9.15. The molecular formula is C12H19NO2S. The zero-order chi connectivity index (χ0) is 12.0. The summed E-state index contributed by atoms with van der Waals surface area (Å²) < 4.78 is 5.54. The number of aliphatic hydroxyl groups excluding tert-OH is 1. The molecule has 0 aromatic heterocycles. The zero-order valence-electron chi connectivity index (χ0n) is 9.77. The monoisotopic (exact) mass is 241 g/mol. The molecular weight excluding hydrogens is 222 g/mol. The van der Waals surface area contributed by atoms with E-state index in [4.69, 9.17) is 15.6 Å². The average molecular weight is 241 g/mol. The van der Waals surface area contributed by atoms with Gasteiger partial charge in [0.05, 0.1) is 18.9 Å². The predicted octanol–water partition coefficient (Wildman–Crippen LogP) is 2.53. The van der Waals surface area contributed by atoms with Crippen molar-refractivity contribution in [1.29, 1.82) is 0 Å². The molecule has 1 aromatic carbocycles. The lowest BCUT2D eigenvalue weighted by atomic mass is 10.3. The number of thioether (sulfide) groups is 1. The molecule has 0 fully saturated rings. The van der Waals surface area contributed by atoms with Crippen molar-refractivity contribution in [3.63, 3.8) is 0 Å². The first-order valence-corrected chi connectivity index (χ1v) is 6.35. The van der Waals surface area contributed by atoms with E-state index in [-0.39, 0.29) is 11.9 Å². The van der Waals surface area contributed by atoms with Gasteiger partial charge >= 0.3 is 0 Å². The number of nitrogen functional groups attached to an aromatic ring is 1. The van der Waals surface area contributed by atoms with E-state index in [0.717, 1.165) is 17.1 Å². The largest absolute Gasteiger partial charge is 0.491 e. The Morgan fingerprint density at radius 3 is 2.88 bits per heavy atom. The molecule has 0 saturated heterocycles. The number of aliphatic hydroxyl groups is 1. The van der Waals surface area contributed by atoms with Crippen LogP contribution in [0.2, 0.25) is 0 Å². The van der Waals surface area contributed by atoms with Gasteiger partial charge in [0.2, 0.25) is 0 Å². The minimum atomic E-state index is 0.142. The van der Waals surface area contributed by atoms with Gasteiger partial charge in [0.25, 0.3) is 0 Å². The maximum absolute atomic E-state index is 9.00. The summed E-state index contributed by atoms with van der Waals surface area (Å²) in [5.41, 5.74) is 6.67. The fourth-order valence-electron chi connectivity index (χ4n) is 1.22. The SMILES string of the molecule is CCCOc1cccc(SC(C)CO)c1N. The van der Waals surface area contributed by atoms with Gasteiger partial charge in [-0.25, -0.2) is 0 Å². The van der Waals surface area contributed by atoms with Gasteiger partial charge in [-0.05, 0) is 18.6 Å². The summed E-state index contributed by atoms with van der Waals surface area (Å²) in [7, 11) is 0. The molecule has 0 spiro atoms. The fourth-order valence-corrected chi connectivity index (χ4v) is 2.11. The van der Waals surface area contributed by atoms with Crippen molar-refractivity contribution >= 4 is 17.4 Å². The molecule has 0 aliphatic heterocycles. The van der Waals surface area contributed by atoms with Crippen LogP contribution in [-0.2, 0) is 0 Å². The second-order valence-corrected chi connectivity index (χ2v) is 5.11. The molecule has 0 bridgehead atoms. The second kappa shape index (κ2) is 6.66. The van der Waals surface area contributed by atoms with Crippen LogP contribution in [0.25, 0.3) is 0 Å². The Morgan fingerprint density at radius 1 is 1.50 bits per heavy atom. The number of benzene rings is 1. The van der Waals surface area contributed by atoms with E-state index >= 15 is 0 Å². The highest BCUT2D eigenvalue weighted by Gasteiger charge is 2.09. The summed E-state index contributed by atoms with van der Waals surface area (Å²) in [4.78, 5) is 0.968. The van der Waals surface area contributed by atoms with Crippen LogP contribution in [0.1, 0.15) is 20.3 Å². The van der Waals surface area contributed by atoms with Gasteiger partial charge < -0.3 is 15.6 Å². The highest BCUT2D eigenvalue weighted by molar-refractivity contribution is 8.00. The molecule has 90 valence electrons. The van der Waals surface area contributed by atoms with E-state index in [1.165, 1.54) is 0 Å². The summed E-state index contributed by atoms with van der Waals surface area (Å²) in [5.74, 6) is 0.733. The van der Waals surface area contributed by atoms with Crippen molar-refractivity contribution in [2.75, 3.05) is 18.9 Å². The lowest BCUT2D eigenvalue weighted by Gasteiger charge is -2.13. The Labute approximate surface area is 101 Å². The molecule has 1 atom stereocenters. The molecule has 0 amide bonds. The van der Waals surface area contributed by atoms with Gasteiger partial charge in [0.1, 0.15) is 5.75 Å². The number of ether oxygens (including phenoxy) is 1. The van der Waals surface area contributed by atoms with Crippen LogP contribution >= 0.6 is 11.8 Å². The van der Waals surface area contributed by atoms with E-state index in [1.54, 1.807) is 11.8 Å². The Balaban J connectivity index is 2.77. The van der Waals surface area contributed by atoms with Gasteiger partial charge in [0, 0.05) is 10.1 Å². The lowest BCUT2D eigenvalue weighted by molar-refractivity contribution is 0.300. The molecule has 0 heterocycles. The zero-order valence-corrected chi connectivity index (χ0v) is 10.6. The molecule has 1 aromatic rings. The molecule has 1 rings (SSSR count). The molecule has 3 N–H and O–H groups in total. The third kappa shape index (κ3) is 3.61. The third-order valence-electron chi connectivity index (χ3n) is 2.07. The second-order valence-electron chi connectivity index (χ2n) is 3.63. The summed E-state index contributed by atoms with van der Waals surface area (Å²) in [6, 6.07) is 5.75. The predicted molar refractivity (Wildman–Crippen MR) is 69.0 cm³/mol. The fraction of sp³-hybridized carbons (Fsp3) is 0.500. The maximum Gasteiger partial charge on any atom is 0.143 e. The quantitative estimate of drug-likeness (QED) is 0.593. The van der Waals surface area contributed by atoms with Crippen molar-refractivity contribution in [2.24, 2.45) is 0 Å². The van der Waals surface area contributed by atoms with E-state index in [2.05, 4.69) is 6.92 Å². The van der Waals surface area contributed by atoms with Crippen molar-refractivity contribution in [1.82, 2.24) is 0 Å². The number of para-hydroxylation sites is 1. The van der Waals surface area contributed by atoms with Crippen LogP contribution in [0.5, 0.6) is 5.75 Å². The van der Waals surface area contributed by atoms with Crippen LogP contribution in [0.4, 0.5) is 5.69 Å². The third-order valence-corrected chi connectivity index (χ3v) is 3.23. The molecule has 0 saturated carbocycles. The Morgan fingerprint density at radius 2 is 2.25 bits per heavy atom. The van der Waals surface area contributed by atoms with Crippen LogP contribution in [0, 0.1) is 0 Å². The van der Waals surface area contributed by atoms with E-state index in [0.29, 0.717) is 12.3 Å². The summed E-state index contributed by atoms with van der Waals surface area (Å²) >= 11 is 1.56. The Bertz CT molecular complexity index is 331. The van der Waals surface area contributed by atoms with Crippen LogP contribution in [0.15, 0.2) is 23.1 Å². The van der Waals surface area contributed by atoms with E-state index in [9.17, 15) is 0 Å². The number of anilines is 1. The van der Waals surface area contributed by atoms with Crippen molar-refractivity contribution in [2.45, 2.75) is 30.4 Å².